The lowest BCUT2D eigenvalue weighted by Gasteiger charge is -2.34. The second kappa shape index (κ2) is 10.3. The number of carbonyl (C=O) groups excluding carboxylic acids is 1. The lowest BCUT2D eigenvalue weighted by atomic mass is 10.0. The number of piperazine rings is 1. The molecule has 174 valence electrons. The van der Waals surface area contributed by atoms with Crippen molar-refractivity contribution in [3.05, 3.63) is 82.6 Å². The molecule has 0 saturated carbocycles. The minimum absolute atomic E-state index is 0.00152. The molecule has 0 radical (unpaired) electrons. The van der Waals surface area contributed by atoms with E-state index in [4.69, 9.17) is 4.42 Å². The number of nitrogens with zero attached hydrogens (tertiary/aromatic N) is 4. The summed E-state index contributed by atoms with van der Waals surface area (Å²) in [7, 11) is 4.12. The Morgan fingerprint density at radius 2 is 1.55 bits per heavy atom. The monoisotopic (exact) mass is 446 g/mol. The van der Waals surface area contributed by atoms with E-state index in [0.717, 1.165) is 38.3 Å². The summed E-state index contributed by atoms with van der Waals surface area (Å²) in [5.74, 6) is 0.615. The molecule has 6 nitrogen and oxygen atoms in total. The van der Waals surface area contributed by atoms with Crippen molar-refractivity contribution in [2.45, 2.75) is 33.4 Å². The Bertz CT molecular complexity index is 1080. The number of rotatable bonds is 8. The first kappa shape index (κ1) is 23.2. The fourth-order valence-electron chi connectivity index (χ4n) is 4.16. The second-order valence-electron chi connectivity index (χ2n) is 9.26. The van der Waals surface area contributed by atoms with Crippen LogP contribution in [0.5, 0.6) is 0 Å². The summed E-state index contributed by atoms with van der Waals surface area (Å²) in [5, 5.41) is 0. The van der Waals surface area contributed by atoms with E-state index in [1.807, 2.05) is 6.07 Å². The summed E-state index contributed by atoms with van der Waals surface area (Å²) in [6, 6.07) is 14.9. The number of oxazole rings is 1. The number of hydrogen-bond acceptors (Lipinski definition) is 6. The maximum absolute atomic E-state index is 12.6. The van der Waals surface area contributed by atoms with Gasteiger partial charge in [0.1, 0.15) is 12.0 Å². The molecule has 0 atom stereocenters. The molecule has 0 aliphatic carbocycles. The molecule has 0 unspecified atom stereocenters. The molecule has 0 bridgehead atoms. The third-order valence-electron chi connectivity index (χ3n) is 6.46. The molecule has 2 heterocycles. The highest BCUT2D eigenvalue weighted by Gasteiger charge is 2.20. The van der Waals surface area contributed by atoms with Gasteiger partial charge in [0.25, 0.3) is 0 Å². The number of aryl methyl sites for hydroxylation is 2. The summed E-state index contributed by atoms with van der Waals surface area (Å²) in [6.45, 7) is 9.70. The van der Waals surface area contributed by atoms with E-state index in [9.17, 15) is 4.79 Å². The van der Waals surface area contributed by atoms with Gasteiger partial charge in [0.05, 0.1) is 6.54 Å². The number of benzene rings is 2. The average molecular weight is 447 g/mol. The Balaban J connectivity index is 1.25. The molecule has 0 spiro atoms. The van der Waals surface area contributed by atoms with Crippen LogP contribution in [-0.2, 0) is 19.5 Å². The van der Waals surface area contributed by atoms with Gasteiger partial charge in [-0.05, 0) is 48.2 Å². The van der Waals surface area contributed by atoms with E-state index >= 15 is 0 Å². The Hall–Kier alpha value is -2.96. The van der Waals surface area contributed by atoms with Crippen molar-refractivity contribution in [3.63, 3.8) is 0 Å². The number of aromatic nitrogens is 1. The molecule has 0 N–H and O–H groups in total. The highest BCUT2D eigenvalue weighted by molar-refractivity contribution is 5.95. The fraction of sp³-hybridized carbons (Fsp3) is 0.407. The molecule has 0 amide bonds. The van der Waals surface area contributed by atoms with Gasteiger partial charge in [-0.1, -0.05) is 30.3 Å². The van der Waals surface area contributed by atoms with E-state index < -0.39 is 0 Å². The van der Waals surface area contributed by atoms with Crippen LogP contribution in [0.4, 0.5) is 5.69 Å². The zero-order valence-corrected chi connectivity index (χ0v) is 20.2. The van der Waals surface area contributed by atoms with Gasteiger partial charge in [-0.2, -0.15) is 0 Å². The number of carbonyl (C=O) groups is 1. The van der Waals surface area contributed by atoms with Crippen molar-refractivity contribution in [2.24, 2.45) is 0 Å². The van der Waals surface area contributed by atoms with E-state index in [1.54, 1.807) is 0 Å². The molecule has 1 aliphatic heterocycles. The average Bonchev–Trinajstić information content (AvgIpc) is 3.27. The maximum atomic E-state index is 12.6. The van der Waals surface area contributed by atoms with Crippen LogP contribution in [0.3, 0.4) is 0 Å². The minimum atomic E-state index is -0.00152. The van der Waals surface area contributed by atoms with E-state index in [0.29, 0.717) is 24.6 Å². The highest BCUT2D eigenvalue weighted by atomic mass is 16.3. The molecule has 4 rings (SSSR count). The maximum Gasteiger partial charge on any atom is 0.208 e. The van der Waals surface area contributed by atoms with E-state index in [-0.39, 0.29) is 5.78 Å². The van der Waals surface area contributed by atoms with Gasteiger partial charge in [-0.3, -0.25) is 14.6 Å². The van der Waals surface area contributed by atoms with Crippen molar-refractivity contribution >= 4 is 11.5 Å². The zero-order chi connectivity index (χ0) is 23.4. The van der Waals surface area contributed by atoms with Crippen LogP contribution >= 0.6 is 0 Å². The van der Waals surface area contributed by atoms with Crippen LogP contribution in [0.25, 0.3) is 0 Å². The lowest BCUT2D eigenvalue weighted by Crippen LogP contribution is -2.45. The summed E-state index contributed by atoms with van der Waals surface area (Å²) < 4.78 is 5.63. The van der Waals surface area contributed by atoms with Gasteiger partial charge in [0.2, 0.25) is 5.89 Å². The summed E-state index contributed by atoms with van der Waals surface area (Å²) >= 11 is 0. The zero-order valence-electron chi connectivity index (χ0n) is 20.2. The second-order valence-corrected chi connectivity index (χ2v) is 9.26. The molecular weight excluding hydrogens is 412 g/mol. The smallest absolute Gasteiger partial charge is 0.208 e. The van der Waals surface area contributed by atoms with Crippen molar-refractivity contribution < 1.29 is 9.21 Å². The lowest BCUT2D eigenvalue weighted by molar-refractivity contribution is 0.0987. The number of hydrogen-bond donors (Lipinski definition) is 0. The summed E-state index contributed by atoms with van der Waals surface area (Å²) in [5.41, 5.74) is 6.43. The van der Waals surface area contributed by atoms with Gasteiger partial charge < -0.3 is 9.32 Å². The highest BCUT2D eigenvalue weighted by Crippen LogP contribution is 2.17. The molecule has 1 fully saturated rings. The van der Waals surface area contributed by atoms with Crippen LogP contribution in [0.2, 0.25) is 0 Å². The van der Waals surface area contributed by atoms with Crippen molar-refractivity contribution in [1.82, 2.24) is 14.8 Å². The third kappa shape index (κ3) is 6.09. The van der Waals surface area contributed by atoms with Crippen molar-refractivity contribution in [2.75, 3.05) is 45.2 Å². The van der Waals surface area contributed by atoms with Crippen LogP contribution in [-0.4, -0.2) is 60.8 Å². The topological polar surface area (TPSA) is 52.8 Å². The number of anilines is 1. The predicted octanol–water partition coefficient (Wildman–Crippen LogP) is 4.10. The van der Waals surface area contributed by atoms with Crippen LogP contribution in [0.15, 0.2) is 53.1 Å². The molecule has 1 saturated heterocycles. The first-order chi connectivity index (χ1) is 15.9. The normalized spacial score (nSPS) is 15.0. The van der Waals surface area contributed by atoms with E-state index in [2.05, 4.69) is 84.0 Å². The fourth-order valence-corrected chi connectivity index (χ4v) is 4.16. The SMILES string of the molecule is Cc1ccc(CC(=O)c2coc(CN3CCN(Cc4ccc(N(C)C)cc4)CC3)n2)cc1C. The molecule has 6 heteroatoms. The molecule has 1 aromatic heterocycles. The van der Waals surface area contributed by atoms with Crippen LogP contribution in [0.1, 0.15) is 38.6 Å². The van der Waals surface area contributed by atoms with E-state index in [1.165, 1.54) is 28.6 Å². The first-order valence-corrected chi connectivity index (χ1v) is 11.6. The van der Waals surface area contributed by atoms with Gasteiger partial charge in [-0.25, -0.2) is 4.98 Å². The molecular formula is C27H34N4O2. The minimum Gasteiger partial charge on any atom is -0.447 e. The van der Waals surface area contributed by atoms with Crippen LogP contribution in [0, 0.1) is 13.8 Å². The largest absolute Gasteiger partial charge is 0.447 e. The Kier molecular flexibility index (Phi) is 7.26. The van der Waals surface area contributed by atoms with Crippen LogP contribution < -0.4 is 4.90 Å². The van der Waals surface area contributed by atoms with Gasteiger partial charge in [-0.15, -0.1) is 0 Å². The molecule has 33 heavy (non-hydrogen) atoms. The summed E-state index contributed by atoms with van der Waals surface area (Å²) in [6.07, 6.45) is 1.85. The molecule has 2 aromatic carbocycles. The Morgan fingerprint density at radius 3 is 2.18 bits per heavy atom. The van der Waals surface area contributed by atoms with Gasteiger partial charge in [0, 0.05) is 58.9 Å². The molecule has 1 aliphatic rings. The number of ketones is 1. The summed E-state index contributed by atoms with van der Waals surface area (Å²) in [4.78, 5) is 24.1. The first-order valence-electron chi connectivity index (χ1n) is 11.6. The third-order valence-corrected chi connectivity index (χ3v) is 6.46. The van der Waals surface area contributed by atoms with Gasteiger partial charge in [0.15, 0.2) is 5.78 Å². The quantitative estimate of drug-likeness (QED) is 0.486. The molecule has 3 aromatic rings. The van der Waals surface area contributed by atoms with Crippen molar-refractivity contribution in [1.29, 1.82) is 0 Å². The Morgan fingerprint density at radius 1 is 0.909 bits per heavy atom. The number of Topliss-reactive ketones (excluding diaryl/α,β-unsaturated/α-hetero) is 1. The standard InChI is InChI=1S/C27H34N4O2/c1-20-5-6-23(15-21(20)2)16-26(32)25-19-33-27(28-25)18-31-13-11-30(12-14-31)17-22-7-9-24(10-8-22)29(3)4/h5-10,15,19H,11-14,16-18H2,1-4H3. The Labute approximate surface area is 196 Å². The van der Waals surface area contributed by atoms with Gasteiger partial charge >= 0.3 is 0 Å². The predicted molar refractivity (Wildman–Crippen MR) is 132 cm³/mol. The van der Waals surface area contributed by atoms with Crippen molar-refractivity contribution in [3.8, 4) is 0 Å².